The summed E-state index contributed by atoms with van der Waals surface area (Å²) < 4.78 is 19.1. The lowest BCUT2D eigenvalue weighted by Gasteiger charge is -2.28. The number of phenols is 1. The summed E-state index contributed by atoms with van der Waals surface area (Å²) in [6, 6.07) is 11.2. The van der Waals surface area contributed by atoms with E-state index in [4.69, 9.17) is 16.3 Å². The summed E-state index contributed by atoms with van der Waals surface area (Å²) in [5.41, 5.74) is 1.54. The first-order valence-electron chi connectivity index (χ1n) is 10.3. The third-order valence-electron chi connectivity index (χ3n) is 5.52. The number of nitrogens with one attached hydrogen (secondary N) is 1. The van der Waals surface area contributed by atoms with Gasteiger partial charge >= 0.3 is 6.01 Å². The van der Waals surface area contributed by atoms with Crippen LogP contribution in [0.3, 0.4) is 0 Å². The van der Waals surface area contributed by atoms with Crippen molar-refractivity contribution in [3.63, 3.8) is 0 Å². The number of aromatic nitrogens is 2. The van der Waals surface area contributed by atoms with Crippen molar-refractivity contribution in [3.8, 4) is 11.8 Å². The minimum atomic E-state index is 0.0929. The molecule has 0 unspecified atom stereocenters. The Bertz CT molecular complexity index is 1300. The second-order valence-electron chi connectivity index (χ2n) is 7.51. The number of allylic oxidation sites excluding steroid dienone is 2. The van der Waals surface area contributed by atoms with Gasteiger partial charge in [0.15, 0.2) is 0 Å². The van der Waals surface area contributed by atoms with Crippen molar-refractivity contribution in [3.05, 3.63) is 57.6 Å². The van der Waals surface area contributed by atoms with E-state index in [-0.39, 0.29) is 17.1 Å². The molecule has 0 bridgehead atoms. The number of fused-ring (bicyclic) bond motifs is 1. The van der Waals surface area contributed by atoms with Gasteiger partial charge in [0.1, 0.15) is 23.2 Å². The minimum absolute atomic E-state index is 0.0929. The first kappa shape index (κ1) is 22.0. The van der Waals surface area contributed by atoms with Crippen LogP contribution in [0.15, 0.2) is 41.4 Å². The van der Waals surface area contributed by atoms with Crippen molar-refractivity contribution in [2.75, 3.05) is 38.2 Å². The fourth-order valence-electron chi connectivity index (χ4n) is 3.85. The van der Waals surface area contributed by atoms with Crippen LogP contribution in [0.25, 0.3) is 28.8 Å². The maximum atomic E-state index is 13.9. The van der Waals surface area contributed by atoms with Crippen molar-refractivity contribution in [1.82, 2.24) is 15.3 Å². The maximum absolute atomic E-state index is 13.9. The lowest BCUT2D eigenvalue weighted by molar-refractivity contribution is 0.377. The summed E-state index contributed by atoms with van der Waals surface area (Å²) in [6.45, 7) is 4.87. The standard InChI is InChI=1S/C24H24ClFN4O2/c1-15(19-12-17(31)11-16-5-3-4-6-18(16)19)21(25)13-20-22(14-26)28-24(32-2)29-23(20)30-9-7-27-8-10-30/h3-6,11-14,27,31H,7-10H2,1-2H3/b20-13+,21-15-,22-14-. The molecule has 0 radical (unpaired) electrons. The molecule has 2 N–H and O–H groups in total. The summed E-state index contributed by atoms with van der Waals surface area (Å²) in [6.07, 6.45) is 2.11. The number of halogens is 2. The van der Waals surface area contributed by atoms with Gasteiger partial charge < -0.3 is 20.1 Å². The van der Waals surface area contributed by atoms with Gasteiger partial charge in [-0.05, 0) is 47.0 Å². The van der Waals surface area contributed by atoms with Crippen molar-refractivity contribution >= 4 is 46.2 Å². The number of piperazine rings is 1. The average molecular weight is 455 g/mol. The van der Waals surface area contributed by atoms with Gasteiger partial charge in [-0.2, -0.15) is 9.97 Å². The predicted molar refractivity (Wildman–Crippen MR) is 127 cm³/mol. The fourth-order valence-corrected chi connectivity index (χ4v) is 4.06. The number of anilines is 1. The van der Waals surface area contributed by atoms with E-state index in [1.165, 1.54) is 7.11 Å². The Balaban J connectivity index is 1.94. The normalized spacial score (nSPS) is 16.4. The molecule has 166 valence electrons. The second kappa shape index (κ2) is 9.54. The fraction of sp³-hybridized carbons (Fsp3) is 0.250. The van der Waals surface area contributed by atoms with Crippen molar-refractivity contribution in [2.24, 2.45) is 0 Å². The largest absolute Gasteiger partial charge is 0.508 e. The van der Waals surface area contributed by atoms with Gasteiger partial charge in [0, 0.05) is 36.4 Å². The Hall–Kier alpha value is -3.16. The van der Waals surface area contributed by atoms with Crippen LogP contribution in [0.4, 0.5) is 10.2 Å². The van der Waals surface area contributed by atoms with Gasteiger partial charge in [-0.3, -0.25) is 0 Å². The zero-order valence-corrected chi connectivity index (χ0v) is 18.7. The monoisotopic (exact) mass is 454 g/mol. The first-order valence-corrected chi connectivity index (χ1v) is 10.7. The molecule has 32 heavy (non-hydrogen) atoms. The van der Waals surface area contributed by atoms with Crippen molar-refractivity contribution < 1.29 is 14.2 Å². The van der Waals surface area contributed by atoms with Crippen LogP contribution < -0.4 is 25.5 Å². The number of methoxy groups -OCH3 is 1. The van der Waals surface area contributed by atoms with Crippen molar-refractivity contribution in [1.29, 1.82) is 0 Å². The highest BCUT2D eigenvalue weighted by Gasteiger charge is 2.17. The number of phenolic OH excluding ortho intramolecular Hbond substituents is 1. The number of ether oxygens (including phenoxy) is 1. The highest BCUT2D eigenvalue weighted by molar-refractivity contribution is 6.37. The zero-order chi connectivity index (χ0) is 22.7. The van der Waals surface area contributed by atoms with Crippen LogP contribution in [0.2, 0.25) is 0 Å². The van der Waals surface area contributed by atoms with Crippen LogP contribution in [0.5, 0.6) is 11.8 Å². The first-order chi connectivity index (χ1) is 15.5. The van der Waals surface area contributed by atoms with E-state index in [9.17, 15) is 9.50 Å². The molecule has 2 heterocycles. The molecule has 2 aromatic carbocycles. The summed E-state index contributed by atoms with van der Waals surface area (Å²) in [4.78, 5) is 10.7. The zero-order valence-electron chi connectivity index (χ0n) is 17.9. The van der Waals surface area contributed by atoms with Crippen LogP contribution in [-0.2, 0) is 0 Å². The molecule has 1 fully saturated rings. The number of hydrogen-bond donors (Lipinski definition) is 2. The number of hydrogen-bond acceptors (Lipinski definition) is 6. The minimum Gasteiger partial charge on any atom is -0.508 e. The van der Waals surface area contributed by atoms with Gasteiger partial charge in [-0.1, -0.05) is 35.9 Å². The van der Waals surface area contributed by atoms with Crippen molar-refractivity contribution in [2.45, 2.75) is 6.92 Å². The molecule has 4 rings (SSSR count). The van der Waals surface area contributed by atoms with E-state index in [0.717, 1.165) is 35.0 Å². The summed E-state index contributed by atoms with van der Waals surface area (Å²) in [7, 11) is 1.45. The Labute approximate surface area is 190 Å². The molecule has 3 aromatic rings. The summed E-state index contributed by atoms with van der Waals surface area (Å²) in [5, 5.41) is 16.3. The van der Waals surface area contributed by atoms with E-state index in [2.05, 4.69) is 20.2 Å². The molecule has 8 heteroatoms. The Morgan fingerprint density at radius 2 is 1.97 bits per heavy atom. The molecule has 6 nitrogen and oxygen atoms in total. The van der Waals surface area contributed by atoms with Crippen LogP contribution in [0, 0.1) is 0 Å². The van der Waals surface area contributed by atoms with Crippen LogP contribution in [-0.4, -0.2) is 48.4 Å². The van der Waals surface area contributed by atoms with E-state index in [0.29, 0.717) is 35.5 Å². The SMILES string of the molecule is COc1nc(N2CCNCC2)c(=C/C(Cl)=C(\C)c2cc(O)cc3ccccc23)/c(=C/F)n1. The molecule has 1 saturated heterocycles. The number of benzene rings is 2. The van der Waals surface area contributed by atoms with E-state index >= 15 is 0 Å². The lowest BCUT2D eigenvalue weighted by Crippen LogP contribution is -2.47. The quantitative estimate of drug-likeness (QED) is 0.631. The molecule has 1 aliphatic heterocycles. The van der Waals surface area contributed by atoms with Gasteiger partial charge in [0.25, 0.3) is 0 Å². The molecule has 0 spiro atoms. The maximum Gasteiger partial charge on any atom is 0.318 e. The Kier molecular flexibility index (Phi) is 6.58. The average Bonchev–Trinajstić information content (AvgIpc) is 2.83. The number of rotatable bonds is 4. The topological polar surface area (TPSA) is 70.5 Å². The summed E-state index contributed by atoms with van der Waals surface area (Å²) in [5.74, 6) is 0.712. The lowest BCUT2D eigenvalue weighted by atomic mass is 9.98. The Morgan fingerprint density at radius 3 is 2.69 bits per heavy atom. The van der Waals surface area contributed by atoms with Gasteiger partial charge in [-0.15, -0.1) is 0 Å². The highest BCUT2D eigenvalue weighted by atomic mass is 35.5. The van der Waals surface area contributed by atoms with E-state index in [1.807, 2.05) is 31.2 Å². The molecule has 0 atom stereocenters. The molecule has 0 saturated carbocycles. The highest BCUT2D eigenvalue weighted by Crippen LogP contribution is 2.32. The molecule has 1 aliphatic rings. The molecule has 0 amide bonds. The molecular formula is C24H24ClFN4O2. The third-order valence-corrected chi connectivity index (χ3v) is 5.91. The van der Waals surface area contributed by atoms with Crippen LogP contribution in [0.1, 0.15) is 12.5 Å². The van der Waals surface area contributed by atoms with E-state index < -0.39 is 0 Å². The smallest absolute Gasteiger partial charge is 0.318 e. The van der Waals surface area contributed by atoms with Gasteiger partial charge in [0.05, 0.1) is 7.11 Å². The summed E-state index contributed by atoms with van der Waals surface area (Å²) >= 11 is 6.76. The molecule has 1 aromatic heterocycles. The van der Waals surface area contributed by atoms with E-state index in [1.54, 1.807) is 18.2 Å². The van der Waals surface area contributed by atoms with Crippen LogP contribution >= 0.6 is 11.6 Å². The molecule has 0 aliphatic carbocycles. The second-order valence-corrected chi connectivity index (χ2v) is 7.92. The molecular weight excluding hydrogens is 431 g/mol. The van der Waals surface area contributed by atoms with Gasteiger partial charge in [0.2, 0.25) is 0 Å². The predicted octanol–water partition coefficient (Wildman–Crippen LogP) is 2.91. The third kappa shape index (κ3) is 4.40. The number of nitrogens with zero attached hydrogens (tertiary/aromatic N) is 3. The number of aromatic hydroxyl groups is 1. The Morgan fingerprint density at radius 1 is 1.22 bits per heavy atom. The van der Waals surface area contributed by atoms with Gasteiger partial charge in [-0.25, -0.2) is 4.39 Å².